The second-order valence-corrected chi connectivity index (χ2v) is 5.15. The van der Waals surface area contributed by atoms with Crippen molar-refractivity contribution < 1.29 is 14.0 Å². The molecule has 0 saturated carbocycles. The van der Waals surface area contributed by atoms with Gasteiger partial charge in [-0.05, 0) is 36.4 Å². The maximum Gasteiger partial charge on any atom is 0.256 e. The summed E-state index contributed by atoms with van der Waals surface area (Å²) < 4.78 is 12.9. The molecule has 1 aromatic carbocycles. The van der Waals surface area contributed by atoms with Gasteiger partial charge >= 0.3 is 0 Å². The predicted octanol–water partition coefficient (Wildman–Crippen LogP) is 3.15. The molecule has 0 spiro atoms. The van der Waals surface area contributed by atoms with Crippen molar-refractivity contribution in [3.05, 3.63) is 78.1 Å². The number of anilines is 2. The van der Waals surface area contributed by atoms with Crippen LogP contribution < -0.4 is 10.6 Å². The van der Waals surface area contributed by atoms with Gasteiger partial charge in [-0.25, -0.2) is 9.37 Å². The Morgan fingerprint density at radius 1 is 0.917 bits per heavy atom. The molecule has 3 rings (SSSR count). The van der Waals surface area contributed by atoms with Crippen LogP contribution in [0.3, 0.4) is 0 Å². The number of carbonyl (C=O) groups excluding carboxylic acids is 2. The fraction of sp³-hybridized carbons (Fsp3) is 0.0556. The van der Waals surface area contributed by atoms with Gasteiger partial charge in [-0.15, -0.1) is 0 Å². The SMILES string of the molecule is O=C(Nc1cccc(NC(=O)C2C=CC=C2)n1)c1ccc(F)cc1. The smallest absolute Gasteiger partial charge is 0.256 e. The van der Waals surface area contributed by atoms with E-state index >= 15 is 0 Å². The van der Waals surface area contributed by atoms with E-state index in [4.69, 9.17) is 0 Å². The van der Waals surface area contributed by atoms with Gasteiger partial charge in [0.2, 0.25) is 5.91 Å². The van der Waals surface area contributed by atoms with Gasteiger partial charge in [-0.2, -0.15) is 0 Å². The van der Waals surface area contributed by atoms with Gasteiger partial charge in [-0.3, -0.25) is 9.59 Å². The van der Waals surface area contributed by atoms with Crippen molar-refractivity contribution in [2.24, 2.45) is 5.92 Å². The lowest BCUT2D eigenvalue weighted by Crippen LogP contribution is -2.20. The van der Waals surface area contributed by atoms with Gasteiger partial charge in [0.05, 0.1) is 5.92 Å². The van der Waals surface area contributed by atoms with Crippen molar-refractivity contribution in [1.82, 2.24) is 4.98 Å². The minimum absolute atomic E-state index is 0.200. The Bertz CT molecular complexity index is 816. The first-order valence-corrected chi connectivity index (χ1v) is 7.32. The summed E-state index contributed by atoms with van der Waals surface area (Å²) >= 11 is 0. The van der Waals surface area contributed by atoms with Gasteiger partial charge < -0.3 is 10.6 Å². The molecule has 1 aliphatic carbocycles. The van der Waals surface area contributed by atoms with Crippen LogP contribution in [0, 0.1) is 11.7 Å². The summed E-state index contributed by atoms with van der Waals surface area (Å²) in [6.45, 7) is 0. The number of rotatable bonds is 4. The molecule has 24 heavy (non-hydrogen) atoms. The summed E-state index contributed by atoms with van der Waals surface area (Å²) in [6, 6.07) is 10.1. The van der Waals surface area contributed by atoms with Crippen LogP contribution in [-0.4, -0.2) is 16.8 Å². The normalized spacial score (nSPS) is 13.0. The summed E-state index contributed by atoms with van der Waals surface area (Å²) in [5, 5.41) is 5.30. The van der Waals surface area contributed by atoms with Gasteiger partial charge in [0.15, 0.2) is 0 Å². The highest BCUT2D eigenvalue weighted by Gasteiger charge is 2.15. The molecule has 0 saturated heterocycles. The first kappa shape index (κ1) is 15.6. The zero-order valence-corrected chi connectivity index (χ0v) is 12.6. The number of pyridine rings is 1. The summed E-state index contributed by atoms with van der Waals surface area (Å²) in [7, 11) is 0. The van der Waals surface area contributed by atoms with E-state index in [2.05, 4.69) is 15.6 Å². The van der Waals surface area contributed by atoms with E-state index in [1.807, 2.05) is 0 Å². The predicted molar refractivity (Wildman–Crippen MR) is 89.0 cm³/mol. The van der Waals surface area contributed by atoms with Gasteiger partial charge in [0.25, 0.3) is 5.91 Å². The second kappa shape index (κ2) is 6.87. The van der Waals surface area contributed by atoms with E-state index in [0.29, 0.717) is 17.2 Å². The molecule has 0 atom stereocenters. The highest BCUT2D eigenvalue weighted by molar-refractivity contribution is 6.04. The first-order valence-electron chi connectivity index (χ1n) is 7.32. The molecule has 0 radical (unpaired) electrons. The molecule has 5 nitrogen and oxygen atoms in total. The lowest BCUT2D eigenvalue weighted by Gasteiger charge is -2.09. The molecule has 0 fully saturated rings. The molecule has 1 aromatic heterocycles. The third-order valence-electron chi connectivity index (χ3n) is 3.40. The Balaban J connectivity index is 1.67. The summed E-state index contributed by atoms with van der Waals surface area (Å²) in [6.07, 6.45) is 7.15. The topological polar surface area (TPSA) is 71.1 Å². The van der Waals surface area contributed by atoms with E-state index in [9.17, 15) is 14.0 Å². The number of nitrogens with one attached hydrogen (secondary N) is 2. The maximum absolute atomic E-state index is 12.9. The molecule has 0 aliphatic heterocycles. The Labute approximate surface area is 137 Å². The molecule has 2 amide bonds. The van der Waals surface area contributed by atoms with E-state index in [-0.39, 0.29) is 11.8 Å². The van der Waals surface area contributed by atoms with E-state index in [0.717, 1.165) is 0 Å². The number of carbonyl (C=O) groups is 2. The van der Waals surface area contributed by atoms with Crippen molar-refractivity contribution in [3.8, 4) is 0 Å². The molecule has 120 valence electrons. The van der Waals surface area contributed by atoms with Gasteiger partial charge in [0.1, 0.15) is 17.5 Å². The van der Waals surface area contributed by atoms with Crippen molar-refractivity contribution in [2.45, 2.75) is 0 Å². The van der Waals surface area contributed by atoms with Crippen LogP contribution in [0.15, 0.2) is 66.8 Å². The highest BCUT2D eigenvalue weighted by atomic mass is 19.1. The number of hydrogen-bond acceptors (Lipinski definition) is 3. The van der Waals surface area contributed by atoms with Crippen LogP contribution in [0.2, 0.25) is 0 Å². The highest BCUT2D eigenvalue weighted by Crippen LogP contribution is 2.15. The quantitative estimate of drug-likeness (QED) is 0.908. The molecule has 0 bridgehead atoms. The lowest BCUT2D eigenvalue weighted by molar-refractivity contribution is -0.117. The number of allylic oxidation sites excluding steroid dienone is 2. The van der Waals surface area contributed by atoms with Crippen LogP contribution in [0.25, 0.3) is 0 Å². The minimum Gasteiger partial charge on any atom is -0.310 e. The zero-order chi connectivity index (χ0) is 16.9. The van der Waals surface area contributed by atoms with Crippen molar-refractivity contribution >= 4 is 23.5 Å². The summed E-state index contributed by atoms with van der Waals surface area (Å²) in [4.78, 5) is 28.3. The standard InChI is InChI=1S/C18H14FN3O2/c19-14-10-8-13(9-11-14)18(24)22-16-7-3-6-15(20-16)21-17(23)12-4-1-2-5-12/h1-12H,(H2,20,21,22,23,24). The molecule has 0 unspecified atom stereocenters. The number of aromatic nitrogens is 1. The summed E-state index contributed by atoms with van der Waals surface area (Å²) in [5.41, 5.74) is 0.314. The fourth-order valence-corrected chi connectivity index (χ4v) is 2.18. The van der Waals surface area contributed by atoms with Crippen LogP contribution in [0.4, 0.5) is 16.0 Å². The number of amides is 2. The van der Waals surface area contributed by atoms with E-state index in [1.165, 1.54) is 24.3 Å². The second-order valence-electron chi connectivity index (χ2n) is 5.15. The Morgan fingerprint density at radius 2 is 1.54 bits per heavy atom. The number of nitrogens with zero attached hydrogens (tertiary/aromatic N) is 1. The van der Waals surface area contributed by atoms with E-state index in [1.54, 1.807) is 42.5 Å². The fourth-order valence-electron chi connectivity index (χ4n) is 2.18. The van der Waals surface area contributed by atoms with Crippen molar-refractivity contribution in [2.75, 3.05) is 10.6 Å². The molecule has 1 heterocycles. The molecule has 2 N–H and O–H groups in total. The van der Waals surface area contributed by atoms with Gasteiger partial charge in [-0.1, -0.05) is 30.4 Å². The largest absolute Gasteiger partial charge is 0.310 e. The Morgan fingerprint density at radius 3 is 2.21 bits per heavy atom. The van der Waals surface area contributed by atoms with Crippen molar-refractivity contribution in [1.29, 1.82) is 0 Å². The molecule has 1 aliphatic rings. The van der Waals surface area contributed by atoms with E-state index < -0.39 is 11.7 Å². The minimum atomic E-state index is -0.413. The van der Waals surface area contributed by atoms with Crippen molar-refractivity contribution in [3.63, 3.8) is 0 Å². The maximum atomic E-state index is 12.9. The third-order valence-corrected chi connectivity index (χ3v) is 3.40. The monoisotopic (exact) mass is 323 g/mol. The first-order chi connectivity index (χ1) is 11.6. The number of benzene rings is 1. The average molecular weight is 323 g/mol. The Kier molecular flexibility index (Phi) is 4.47. The number of hydrogen-bond donors (Lipinski definition) is 2. The third kappa shape index (κ3) is 3.73. The average Bonchev–Trinajstić information content (AvgIpc) is 3.10. The lowest BCUT2D eigenvalue weighted by atomic mass is 10.1. The molecular formula is C18H14FN3O2. The summed E-state index contributed by atoms with van der Waals surface area (Å²) in [5.74, 6) is -0.707. The van der Waals surface area contributed by atoms with Crippen LogP contribution in [0.5, 0.6) is 0 Å². The number of halogens is 1. The Hall–Kier alpha value is -3.28. The molecule has 2 aromatic rings. The molecule has 6 heteroatoms. The van der Waals surface area contributed by atoms with Crippen LogP contribution in [0.1, 0.15) is 10.4 Å². The van der Waals surface area contributed by atoms with Crippen LogP contribution in [-0.2, 0) is 4.79 Å². The van der Waals surface area contributed by atoms with Gasteiger partial charge in [0, 0.05) is 5.56 Å². The molecular weight excluding hydrogens is 309 g/mol. The van der Waals surface area contributed by atoms with Crippen LogP contribution >= 0.6 is 0 Å². The zero-order valence-electron chi connectivity index (χ0n) is 12.6.